The predicted octanol–water partition coefficient (Wildman–Crippen LogP) is 3.88. The first-order valence-electron chi connectivity index (χ1n) is 11.4. The SMILES string of the molecule is Cc1ccc(-n2nc3c(=O)n(CCCC(=O)N4CCc5ccccc54)nc(C)c3c2C)cc1. The molecule has 3 heterocycles. The molecule has 33 heavy (non-hydrogen) atoms. The predicted molar refractivity (Wildman–Crippen MR) is 129 cm³/mol. The van der Waals surface area contributed by atoms with Gasteiger partial charge in [-0.05, 0) is 57.4 Å². The van der Waals surface area contributed by atoms with Crippen LogP contribution in [-0.2, 0) is 17.8 Å². The summed E-state index contributed by atoms with van der Waals surface area (Å²) in [6.07, 6.45) is 1.81. The van der Waals surface area contributed by atoms with Gasteiger partial charge in [0.1, 0.15) is 0 Å². The van der Waals surface area contributed by atoms with Crippen molar-refractivity contribution in [2.45, 2.75) is 46.6 Å². The summed E-state index contributed by atoms with van der Waals surface area (Å²) in [5.41, 5.74) is 6.16. The molecule has 1 amide bonds. The highest BCUT2D eigenvalue weighted by molar-refractivity contribution is 5.95. The fourth-order valence-electron chi connectivity index (χ4n) is 4.69. The number of aromatic nitrogens is 4. The lowest BCUT2D eigenvalue weighted by molar-refractivity contribution is -0.118. The normalized spacial score (nSPS) is 13.0. The van der Waals surface area contributed by atoms with Crippen molar-refractivity contribution >= 4 is 22.5 Å². The van der Waals surface area contributed by atoms with Gasteiger partial charge in [-0.25, -0.2) is 9.36 Å². The second-order valence-electron chi connectivity index (χ2n) is 8.70. The summed E-state index contributed by atoms with van der Waals surface area (Å²) in [6, 6.07) is 16.1. The zero-order chi connectivity index (χ0) is 23.1. The number of carbonyl (C=O) groups is 1. The molecule has 0 radical (unpaired) electrons. The van der Waals surface area contributed by atoms with E-state index in [9.17, 15) is 9.59 Å². The monoisotopic (exact) mass is 441 g/mol. The van der Waals surface area contributed by atoms with Gasteiger partial charge >= 0.3 is 0 Å². The Labute approximate surface area is 192 Å². The van der Waals surface area contributed by atoms with E-state index in [1.807, 2.05) is 68.1 Å². The lowest BCUT2D eigenvalue weighted by Crippen LogP contribution is -2.30. The lowest BCUT2D eigenvalue weighted by atomic mass is 10.2. The van der Waals surface area contributed by atoms with Gasteiger partial charge in [0.25, 0.3) is 5.56 Å². The Bertz CT molecular complexity index is 1420. The fourth-order valence-corrected chi connectivity index (χ4v) is 4.69. The number of hydrogen-bond donors (Lipinski definition) is 0. The van der Waals surface area contributed by atoms with E-state index in [4.69, 9.17) is 0 Å². The quantitative estimate of drug-likeness (QED) is 0.471. The van der Waals surface area contributed by atoms with Crippen molar-refractivity contribution in [2.75, 3.05) is 11.4 Å². The molecular weight excluding hydrogens is 414 g/mol. The second kappa shape index (κ2) is 8.31. The number of para-hydroxylation sites is 1. The summed E-state index contributed by atoms with van der Waals surface area (Å²) in [4.78, 5) is 27.8. The van der Waals surface area contributed by atoms with Crippen molar-refractivity contribution in [1.29, 1.82) is 0 Å². The molecular formula is C26H27N5O2. The Kier molecular flexibility index (Phi) is 5.32. The van der Waals surface area contributed by atoms with Crippen LogP contribution in [0.2, 0.25) is 0 Å². The maximum absolute atomic E-state index is 13.2. The Morgan fingerprint density at radius 1 is 1.00 bits per heavy atom. The highest BCUT2D eigenvalue weighted by Gasteiger charge is 2.24. The Morgan fingerprint density at radius 3 is 2.55 bits per heavy atom. The van der Waals surface area contributed by atoms with Gasteiger partial charge in [0.15, 0.2) is 5.52 Å². The van der Waals surface area contributed by atoms with E-state index in [1.54, 1.807) is 4.68 Å². The van der Waals surface area contributed by atoms with Crippen molar-refractivity contribution in [2.24, 2.45) is 0 Å². The molecule has 7 nitrogen and oxygen atoms in total. The molecule has 0 aliphatic carbocycles. The molecule has 2 aromatic heterocycles. The number of nitrogens with zero attached hydrogens (tertiary/aromatic N) is 5. The zero-order valence-electron chi connectivity index (χ0n) is 19.2. The lowest BCUT2D eigenvalue weighted by Gasteiger charge is -2.17. The first-order chi connectivity index (χ1) is 15.9. The van der Waals surface area contributed by atoms with Gasteiger partial charge in [-0.2, -0.15) is 10.2 Å². The summed E-state index contributed by atoms with van der Waals surface area (Å²) >= 11 is 0. The molecule has 0 fully saturated rings. The van der Waals surface area contributed by atoms with Gasteiger partial charge in [-0.15, -0.1) is 0 Å². The molecule has 0 unspecified atom stereocenters. The van der Waals surface area contributed by atoms with Gasteiger partial charge in [0.05, 0.1) is 22.5 Å². The molecule has 7 heteroatoms. The van der Waals surface area contributed by atoms with Crippen molar-refractivity contribution in [3.05, 3.63) is 81.4 Å². The van der Waals surface area contributed by atoms with Gasteiger partial charge < -0.3 is 4.90 Å². The van der Waals surface area contributed by atoms with Gasteiger partial charge in [0, 0.05) is 25.2 Å². The average Bonchev–Trinajstić information content (AvgIpc) is 3.39. The largest absolute Gasteiger partial charge is 0.312 e. The number of hydrogen-bond acceptors (Lipinski definition) is 4. The molecule has 0 N–H and O–H groups in total. The molecule has 0 saturated heterocycles. The molecule has 5 rings (SSSR count). The summed E-state index contributed by atoms with van der Waals surface area (Å²) in [5.74, 6) is 0.0882. The molecule has 0 saturated carbocycles. The van der Waals surface area contributed by atoms with E-state index in [0.717, 1.165) is 41.1 Å². The van der Waals surface area contributed by atoms with E-state index in [2.05, 4.69) is 16.3 Å². The van der Waals surface area contributed by atoms with Crippen LogP contribution >= 0.6 is 0 Å². The molecule has 0 bridgehead atoms. The number of aryl methyl sites for hydroxylation is 4. The standard InChI is InChI=1S/C26H27N5O2/c1-17-10-12-21(13-11-17)31-19(3)24-18(2)27-30(26(33)25(24)28-31)15-6-9-23(32)29-16-14-20-7-4-5-8-22(20)29/h4-5,7-8,10-13H,6,9,14-16H2,1-3H3. The number of amides is 1. The van der Waals surface area contributed by atoms with Crippen LogP contribution < -0.4 is 10.5 Å². The van der Waals surface area contributed by atoms with Crippen LogP contribution in [0.1, 0.15) is 35.4 Å². The number of fused-ring (bicyclic) bond motifs is 2. The Balaban J connectivity index is 1.36. The maximum atomic E-state index is 13.2. The van der Waals surface area contributed by atoms with Crippen molar-refractivity contribution in [3.63, 3.8) is 0 Å². The van der Waals surface area contributed by atoms with Crippen molar-refractivity contribution in [3.8, 4) is 5.69 Å². The second-order valence-corrected chi connectivity index (χ2v) is 8.70. The topological polar surface area (TPSA) is 73.0 Å². The minimum Gasteiger partial charge on any atom is -0.312 e. The molecule has 2 aromatic carbocycles. The van der Waals surface area contributed by atoms with Crippen molar-refractivity contribution in [1.82, 2.24) is 19.6 Å². The fraction of sp³-hybridized carbons (Fsp3) is 0.308. The van der Waals surface area contributed by atoms with E-state index in [0.29, 0.717) is 24.9 Å². The number of benzene rings is 2. The summed E-state index contributed by atoms with van der Waals surface area (Å²) in [5, 5.41) is 9.96. The van der Waals surface area contributed by atoms with Crippen molar-refractivity contribution < 1.29 is 4.79 Å². The number of anilines is 1. The van der Waals surface area contributed by atoms with E-state index in [1.165, 1.54) is 15.8 Å². The Morgan fingerprint density at radius 2 is 1.76 bits per heavy atom. The minimum absolute atomic E-state index is 0.0882. The molecule has 1 aliphatic heterocycles. The zero-order valence-corrected chi connectivity index (χ0v) is 19.2. The van der Waals surface area contributed by atoms with Crippen LogP contribution in [0.15, 0.2) is 53.3 Å². The van der Waals surface area contributed by atoms with Crippen LogP contribution in [0.3, 0.4) is 0 Å². The molecule has 1 aliphatic rings. The average molecular weight is 442 g/mol. The third-order valence-electron chi connectivity index (χ3n) is 6.41. The maximum Gasteiger partial charge on any atom is 0.295 e. The first kappa shape index (κ1) is 21.1. The highest BCUT2D eigenvalue weighted by Crippen LogP contribution is 2.28. The molecule has 0 spiro atoms. The number of carbonyl (C=O) groups excluding carboxylic acids is 1. The van der Waals surface area contributed by atoms with Gasteiger partial charge in [0.2, 0.25) is 5.91 Å². The summed E-state index contributed by atoms with van der Waals surface area (Å²) in [7, 11) is 0. The number of rotatable bonds is 5. The van der Waals surface area contributed by atoms with Gasteiger partial charge in [-0.3, -0.25) is 9.59 Å². The van der Waals surface area contributed by atoms with Crippen LogP contribution in [0.5, 0.6) is 0 Å². The molecule has 0 atom stereocenters. The third kappa shape index (κ3) is 3.73. The van der Waals surface area contributed by atoms with E-state index in [-0.39, 0.29) is 11.5 Å². The Hall–Kier alpha value is -3.74. The first-order valence-corrected chi connectivity index (χ1v) is 11.4. The van der Waals surface area contributed by atoms with Crippen LogP contribution in [0.25, 0.3) is 16.6 Å². The van der Waals surface area contributed by atoms with Crippen LogP contribution in [0, 0.1) is 20.8 Å². The van der Waals surface area contributed by atoms with E-state index < -0.39 is 0 Å². The van der Waals surface area contributed by atoms with Crippen LogP contribution in [-0.4, -0.2) is 32.0 Å². The summed E-state index contributed by atoms with van der Waals surface area (Å²) in [6.45, 7) is 7.00. The molecule has 168 valence electrons. The summed E-state index contributed by atoms with van der Waals surface area (Å²) < 4.78 is 3.26. The van der Waals surface area contributed by atoms with Crippen LogP contribution in [0.4, 0.5) is 5.69 Å². The minimum atomic E-state index is -0.219. The van der Waals surface area contributed by atoms with E-state index >= 15 is 0 Å². The van der Waals surface area contributed by atoms with Gasteiger partial charge in [-0.1, -0.05) is 35.9 Å². The third-order valence-corrected chi connectivity index (χ3v) is 6.41. The highest BCUT2D eigenvalue weighted by atomic mass is 16.2. The smallest absolute Gasteiger partial charge is 0.295 e. The molecule has 4 aromatic rings.